The average Bonchev–Trinajstić information content (AvgIpc) is 2.94. The zero-order valence-corrected chi connectivity index (χ0v) is 13.9. The lowest BCUT2D eigenvalue weighted by Gasteiger charge is -2.29. The molecule has 5 nitrogen and oxygen atoms in total. The van der Waals surface area contributed by atoms with Crippen molar-refractivity contribution in [2.45, 2.75) is 12.8 Å². The van der Waals surface area contributed by atoms with Gasteiger partial charge in [-0.2, -0.15) is 0 Å². The lowest BCUT2D eigenvalue weighted by molar-refractivity contribution is -0.128. The second-order valence-electron chi connectivity index (χ2n) is 6.37. The third-order valence-corrected chi connectivity index (χ3v) is 4.70. The summed E-state index contributed by atoms with van der Waals surface area (Å²) >= 11 is 0. The number of rotatable bonds is 6. The molecule has 0 bridgehead atoms. The molecule has 2 aliphatic rings. The van der Waals surface area contributed by atoms with Gasteiger partial charge in [0.25, 0.3) is 0 Å². The first-order valence-corrected chi connectivity index (χ1v) is 8.44. The number of carbonyl (C=O) groups excluding carboxylic acids is 1. The normalized spacial score (nSPS) is 22.0. The van der Waals surface area contributed by atoms with Crippen molar-refractivity contribution in [3.8, 4) is 0 Å². The minimum absolute atomic E-state index is 0.261. The summed E-state index contributed by atoms with van der Waals surface area (Å²) in [5, 5.41) is 0. The first-order chi connectivity index (χ1) is 11.3. The lowest BCUT2D eigenvalue weighted by atomic mass is 9.98. The maximum Gasteiger partial charge on any atom is 0.223 e. The summed E-state index contributed by atoms with van der Waals surface area (Å²) in [6.07, 6.45) is 1.63. The van der Waals surface area contributed by atoms with Crippen molar-refractivity contribution in [1.29, 1.82) is 0 Å². The van der Waals surface area contributed by atoms with E-state index in [-0.39, 0.29) is 5.91 Å². The standard InChI is InChI=1S/C18H26N2O3/c1-22-9-6-20-14-16(13-18(20)21)12-15-2-4-17(5-3-15)19-7-10-23-11-8-19/h2-5,16H,6-14H2,1H3/t16-/m0/s1. The predicted octanol–water partition coefficient (Wildman–Crippen LogP) is 1.56. The highest BCUT2D eigenvalue weighted by atomic mass is 16.5. The predicted molar refractivity (Wildman–Crippen MR) is 89.7 cm³/mol. The van der Waals surface area contributed by atoms with Crippen LogP contribution in [0.4, 0.5) is 5.69 Å². The van der Waals surface area contributed by atoms with Gasteiger partial charge >= 0.3 is 0 Å². The Labute approximate surface area is 138 Å². The average molecular weight is 318 g/mol. The number of ether oxygens (including phenoxy) is 2. The Bertz CT molecular complexity index is 512. The van der Waals surface area contributed by atoms with Crippen LogP contribution < -0.4 is 4.90 Å². The van der Waals surface area contributed by atoms with Gasteiger partial charge < -0.3 is 19.3 Å². The first kappa shape index (κ1) is 16.3. The highest BCUT2D eigenvalue weighted by Crippen LogP contribution is 2.23. The van der Waals surface area contributed by atoms with Crippen LogP contribution >= 0.6 is 0 Å². The van der Waals surface area contributed by atoms with Gasteiger partial charge in [-0.25, -0.2) is 0 Å². The maximum absolute atomic E-state index is 12.0. The van der Waals surface area contributed by atoms with Crippen LogP contribution in [0.15, 0.2) is 24.3 Å². The Balaban J connectivity index is 1.53. The van der Waals surface area contributed by atoms with Crippen molar-refractivity contribution in [2.24, 2.45) is 5.92 Å². The highest BCUT2D eigenvalue weighted by molar-refractivity contribution is 5.78. The summed E-state index contributed by atoms with van der Waals surface area (Å²) in [6, 6.07) is 8.79. The fourth-order valence-corrected chi connectivity index (χ4v) is 3.41. The number of hydrogen-bond acceptors (Lipinski definition) is 4. The molecule has 2 aliphatic heterocycles. The largest absolute Gasteiger partial charge is 0.383 e. The Morgan fingerprint density at radius 3 is 2.65 bits per heavy atom. The van der Waals surface area contributed by atoms with Crippen molar-refractivity contribution < 1.29 is 14.3 Å². The Hall–Kier alpha value is -1.59. The lowest BCUT2D eigenvalue weighted by Crippen LogP contribution is -2.36. The molecule has 0 unspecified atom stereocenters. The van der Waals surface area contributed by atoms with E-state index < -0.39 is 0 Å². The van der Waals surface area contributed by atoms with E-state index >= 15 is 0 Å². The number of amides is 1. The molecule has 0 radical (unpaired) electrons. The van der Waals surface area contributed by atoms with Gasteiger partial charge in [-0.1, -0.05) is 12.1 Å². The number of hydrogen-bond donors (Lipinski definition) is 0. The molecule has 2 fully saturated rings. The molecule has 2 heterocycles. The van der Waals surface area contributed by atoms with Crippen molar-refractivity contribution >= 4 is 11.6 Å². The number of likely N-dealkylation sites (tertiary alicyclic amines) is 1. The van der Waals surface area contributed by atoms with Gasteiger partial charge in [0.15, 0.2) is 0 Å². The van der Waals surface area contributed by atoms with Gasteiger partial charge in [-0.3, -0.25) is 4.79 Å². The first-order valence-electron chi connectivity index (χ1n) is 8.44. The molecule has 0 aliphatic carbocycles. The third-order valence-electron chi connectivity index (χ3n) is 4.70. The molecule has 1 aromatic rings. The SMILES string of the molecule is COCCN1C[C@@H](Cc2ccc(N3CCOCC3)cc2)CC1=O. The number of anilines is 1. The van der Waals surface area contributed by atoms with E-state index in [9.17, 15) is 4.79 Å². The molecular formula is C18H26N2O3. The van der Waals surface area contributed by atoms with Gasteiger partial charge in [0, 0.05) is 45.4 Å². The fourth-order valence-electron chi connectivity index (χ4n) is 3.41. The second kappa shape index (κ2) is 7.79. The molecule has 3 rings (SSSR count). The quantitative estimate of drug-likeness (QED) is 0.798. The minimum Gasteiger partial charge on any atom is -0.383 e. The Morgan fingerprint density at radius 2 is 1.96 bits per heavy atom. The third kappa shape index (κ3) is 4.24. The Kier molecular flexibility index (Phi) is 5.51. The van der Waals surface area contributed by atoms with Gasteiger partial charge in [-0.05, 0) is 30.0 Å². The van der Waals surface area contributed by atoms with Crippen molar-refractivity contribution in [3.05, 3.63) is 29.8 Å². The van der Waals surface area contributed by atoms with Crippen molar-refractivity contribution in [2.75, 3.05) is 58.0 Å². The Morgan fingerprint density at radius 1 is 1.22 bits per heavy atom. The molecule has 1 amide bonds. The van der Waals surface area contributed by atoms with Gasteiger partial charge in [0.05, 0.1) is 19.8 Å². The highest BCUT2D eigenvalue weighted by Gasteiger charge is 2.29. The molecule has 0 saturated carbocycles. The van der Waals surface area contributed by atoms with E-state index in [2.05, 4.69) is 29.2 Å². The van der Waals surface area contributed by atoms with Crippen LogP contribution in [0.2, 0.25) is 0 Å². The zero-order valence-electron chi connectivity index (χ0n) is 13.9. The van der Waals surface area contributed by atoms with Crippen LogP contribution in [0.25, 0.3) is 0 Å². The van der Waals surface area contributed by atoms with Crippen LogP contribution in [0, 0.1) is 5.92 Å². The summed E-state index contributed by atoms with van der Waals surface area (Å²) in [4.78, 5) is 16.3. The van der Waals surface area contributed by atoms with E-state index in [1.807, 2.05) is 4.90 Å². The fraction of sp³-hybridized carbons (Fsp3) is 0.611. The minimum atomic E-state index is 0.261. The second-order valence-corrected chi connectivity index (χ2v) is 6.37. The van der Waals surface area contributed by atoms with Crippen LogP contribution in [0.1, 0.15) is 12.0 Å². The van der Waals surface area contributed by atoms with E-state index in [0.29, 0.717) is 25.5 Å². The smallest absolute Gasteiger partial charge is 0.223 e. The summed E-state index contributed by atoms with van der Waals surface area (Å²) < 4.78 is 10.5. The van der Waals surface area contributed by atoms with Gasteiger partial charge in [0.2, 0.25) is 5.91 Å². The number of morpholine rings is 1. The van der Waals surface area contributed by atoms with E-state index in [1.54, 1.807) is 7.11 Å². The van der Waals surface area contributed by atoms with E-state index in [1.165, 1.54) is 11.3 Å². The molecule has 126 valence electrons. The van der Waals surface area contributed by atoms with E-state index in [4.69, 9.17) is 9.47 Å². The number of benzene rings is 1. The molecule has 0 spiro atoms. The number of carbonyl (C=O) groups is 1. The monoisotopic (exact) mass is 318 g/mol. The summed E-state index contributed by atoms with van der Waals surface area (Å²) in [5.41, 5.74) is 2.58. The molecule has 23 heavy (non-hydrogen) atoms. The zero-order chi connectivity index (χ0) is 16.1. The molecule has 1 aromatic carbocycles. The molecule has 2 saturated heterocycles. The molecule has 1 atom stereocenters. The molecule has 0 N–H and O–H groups in total. The summed E-state index contributed by atoms with van der Waals surface area (Å²) in [7, 11) is 1.67. The van der Waals surface area contributed by atoms with Crippen LogP contribution in [-0.4, -0.2) is 63.9 Å². The summed E-state index contributed by atoms with van der Waals surface area (Å²) in [6.45, 7) is 5.73. The summed E-state index contributed by atoms with van der Waals surface area (Å²) in [5.74, 6) is 0.686. The number of nitrogens with zero attached hydrogens (tertiary/aromatic N) is 2. The molecular weight excluding hydrogens is 292 g/mol. The van der Waals surface area contributed by atoms with Crippen molar-refractivity contribution in [1.82, 2.24) is 4.90 Å². The van der Waals surface area contributed by atoms with Crippen LogP contribution in [-0.2, 0) is 20.7 Å². The molecule has 5 heteroatoms. The molecule has 0 aromatic heterocycles. The number of methoxy groups -OCH3 is 1. The topological polar surface area (TPSA) is 42.0 Å². The van der Waals surface area contributed by atoms with Gasteiger partial charge in [0.1, 0.15) is 0 Å². The van der Waals surface area contributed by atoms with E-state index in [0.717, 1.165) is 39.3 Å². The maximum atomic E-state index is 12.0. The van der Waals surface area contributed by atoms with Crippen LogP contribution in [0.5, 0.6) is 0 Å². The van der Waals surface area contributed by atoms with Crippen molar-refractivity contribution in [3.63, 3.8) is 0 Å². The van der Waals surface area contributed by atoms with Gasteiger partial charge in [-0.15, -0.1) is 0 Å². The van der Waals surface area contributed by atoms with Crippen LogP contribution in [0.3, 0.4) is 0 Å².